The zero-order chi connectivity index (χ0) is 19.4. The van der Waals surface area contributed by atoms with Crippen LogP contribution in [0.15, 0.2) is 36.4 Å². The van der Waals surface area contributed by atoms with E-state index in [9.17, 15) is 14.0 Å². The minimum Gasteiger partial charge on any atom is -0.330 e. The lowest BCUT2D eigenvalue weighted by molar-refractivity contribution is -0.709. The van der Waals surface area contributed by atoms with E-state index in [4.69, 9.17) is 23.2 Å². The number of hydrogen-bond donors (Lipinski definition) is 2. The molecule has 1 amide bonds. The van der Waals surface area contributed by atoms with Gasteiger partial charge in [0.05, 0.1) is 10.0 Å². The average Bonchev–Trinajstić information content (AvgIpc) is 2.58. The summed E-state index contributed by atoms with van der Waals surface area (Å²) in [6, 6.07) is 8.67. The first kappa shape index (κ1) is 20.4. The molecule has 0 unspecified atom stereocenters. The number of benzene rings is 2. The van der Waals surface area contributed by atoms with Crippen LogP contribution in [0.2, 0.25) is 10.0 Å². The normalized spacial score (nSPS) is 13.2. The van der Waals surface area contributed by atoms with Gasteiger partial charge in [-0.15, -0.1) is 0 Å². The van der Waals surface area contributed by atoms with Gasteiger partial charge in [-0.1, -0.05) is 35.3 Å². The highest BCUT2D eigenvalue weighted by Gasteiger charge is 2.23. The van der Waals surface area contributed by atoms with Crippen LogP contribution in [0, 0.1) is 5.82 Å². The number of carbonyl (C=O) groups excluding carboxylic acids is 2. The Hall–Kier alpha value is -1.95. The highest BCUT2D eigenvalue weighted by Crippen LogP contribution is 2.27. The third kappa shape index (κ3) is 5.04. The molecule has 0 aliphatic rings. The van der Waals surface area contributed by atoms with E-state index in [1.807, 2.05) is 6.92 Å². The number of ketones is 1. The highest BCUT2D eigenvalue weighted by molar-refractivity contribution is 6.35. The summed E-state index contributed by atoms with van der Waals surface area (Å²) in [5.74, 6) is -0.860. The monoisotopic (exact) mass is 397 g/mol. The van der Waals surface area contributed by atoms with Gasteiger partial charge in [0.2, 0.25) is 0 Å². The largest absolute Gasteiger partial charge is 0.330 e. The molecular weight excluding hydrogens is 378 g/mol. The first-order chi connectivity index (χ1) is 12.2. The molecule has 2 aromatic rings. The molecule has 4 nitrogen and oxygen atoms in total. The fourth-order valence-electron chi connectivity index (χ4n) is 2.58. The maximum atomic E-state index is 13.7. The van der Waals surface area contributed by atoms with E-state index in [2.05, 4.69) is 5.32 Å². The van der Waals surface area contributed by atoms with Crippen molar-refractivity contribution in [2.75, 3.05) is 5.32 Å². The fourth-order valence-corrected chi connectivity index (χ4v) is 3.14. The number of nitrogens with one attached hydrogen (secondary N) is 1. The number of nitrogens with two attached hydrogens (primary N) is 1. The summed E-state index contributed by atoms with van der Waals surface area (Å²) in [7, 11) is 0. The predicted molar refractivity (Wildman–Crippen MR) is 101 cm³/mol. The van der Waals surface area contributed by atoms with E-state index in [0.717, 1.165) is 0 Å². The molecule has 0 heterocycles. The molecular formula is C19H20Cl2FN2O2+. The number of quaternary nitrogens is 1. The zero-order valence-corrected chi connectivity index (χ0v) is 16.2. The van der Waals surface area contributed by atoms with Gasteiger partial charge in [-0.05, 0) is 45.0 Å². The van der Waals surface area contributed by atoms with Gasteiger partial charge < -0.3 is 10.6 Å². The Morgan fingerprint density at radius 1 is 1.12 bits per heavy atom. The van der Waals surface area contributed by atoms with E-state index in [-0.39, 0.29) is 22.8 Å². The molecule has 0 bridgehead atoms. The summed E-state index contributed by atoms with van der Waals surface area (Å²) in [6.07, 6.45) is 0. The van der Waals surface area contributed by atoms with Crippen LogP contribution in [-0.2, 0) is 4.79 Å². The Morgan fingerprint density at radius 2 is 1.81 bits per heavy atom. The number of rotatable bonds is 6. The number of amides is 1. The molecule has 2 aromatic carbocycles. The molecule has 138 valence electrons. The van der Waals surface area contributed by atoms with Gasteiger partial charge in [0, 0.05) is 16.8 Å². The van der Waals surface area contributed by atoms with Crippen molar-refractivity contribution in [1.29, 1.82) is 0 Å². The molecule has 0 saturated heterocycles. The highest BCUT2D eigenvalue weighted by atomic mass is 35.5. The van der Waals surface area contributed by atoms with Crippen molar-refractivity contribution in [3.8, 4) is 0 Å². The number of carbonyl (C=O) groups is 2. The van der Waals surface area contributed by atoms with Crippen molar-refractivity contribution >= 4 is 40.6 Å². The van der Waals surface area contributed by atoms with Crippen LogP contribution in [-0.4, -0.2) is 17.7 Å². The molecule has 2 atom stereocenters. The van der Waals surface area contributed by atoms with E-state index in [1.54, 1.807) is 36.5 Å². The maximum Gasteiger partial charge on any atom is 0.282 e. The van der Waals surface area contributed by atoms with E-state index >= 15 is 0 Å². The van der Waals surface area contributed by atoms with Gasteiger partial charge in [0.25, 0.3) is 5.91 Å². The summed E-state index contributed by atoms with van der Waals surface area (Å²) < 4.78 is 13.7. The third-order valence-corrected chi connectivity index (χ3v) is 4.67. The Labute approximate surface area is 161 Å². The van der Waals surface area contributed by atoms with Crippen LogP contribution in [0.5, 0.6) is 0 Å². The van der Waals surface area contributed by atoms with Crippen LogP contribution in [0.25, 0.3) is 0 Å². The molecule has 0 saturated carbocycles. The summed E-state index contributed by atoms with van der Waals surface area (Å²) in [4.78, 5) is 23.8. The minimum atomic E-state index is -0.551. The standard InChI is InChI=1S/C19H19Cl2FN2O2/c1-10(15-8-18(22)17(21)9-16(15)20)23-11(2)19(26)24-14-6-4-5-13(7-14)12(3)25/h4-11,23H,1-3H3,(H,24,26)/p+1/t10-,11+/m0/s1. The van der Waals surface area contributed by atoms with Crippen molar-refractivity contribution < 1.29 is 19.3 Å². The molecule has 3 N–H and O–H groups in total. The minimum absolute atomic E-state index is 0.0397. The molecule has 0 spiro atoms. The first-order valence-corrected chi connectivity index (χ1v) is 8.86. The van der Waals surface area contributed by atoms with Gasteiger partial charge in [0.15, 0.2) is 11.8 Å². The van der Waals surface area contributed by atoms with E-state index < -0.39 is 11.9 Å². The van der Waals surface area contributed by atoms with Crippen LogP contribution in [0.1, 0.15) is 42.7 Å². The topological polar surface area (TPSA) is 62.8 Å². The van der Waals surface area contributed by atoms with Gasteiger partial charge in [0.1, 0.15) is 11.9 Å². The van der Waals surface area contributed by atoms with Crippen LogP contribution in [0.3, 0.4) is 0 Å². The number of hydrogen-bond acceptors (Lipinski definition) is 2. The van der Waals surface area contributed by atoms with Crippen molar-refractivity contribution in [3.63, 3.8) is 0 Å². The average molecular weight is 398 g/mol. The molecule has 7 heteroatoms. The predicted octanol–water partition coefficient (Wildman–Crippen LogP) is 3.99. The molecule has 26 heavy (non-hydrogen) atoms. The molecule has 0 aromatic heterocycles. The molecule has 0 fully saturated rings. The second-order valence-electron chi connectivity index (χ2n) is 6.18. The number of halogens is 3. The SMILES string of the molecule is CC(=O)c1cccc(NC(=O)[C@@H](C)[NH2+][C@@H](C)c2cc(F)c(Cl)cc2Cl)c1. The van der Waals surface area contributed by atoms with E-state index in [0.29, 0.717) is 21.8 Å². The van der Waals surface area contributed by atoms with Gasteiger partial charge in [-0.25, -0.2) is 4.39 Å². The van der Waals surface area contributed by atoms with Crippen LogP contribution < -0.4 is 10.6 Å². The van der Waals surface area contributed by atoms with Crippen LogP contribution in [0.4, 0.5) is 10.1 Å². The van der Waals surface area contributed by atoms with Crippen molar-refractivity contribution in [1.82, 2.24) is 0 Å². The molecule has 0 aliphatic heterocycles. The summed E-state index contributed by atoms with van der Waals surface area (Å²) in [6.45, 7) is 5.03. The first-order valence-electron chi connectivity index (χ1n) is 8.10. The van der Waals surface area contributed by atoms with Gasteiger partial charge in [-0.2, -0.15) is 0 Å². The molecule has 2 rings (SSSR count). The van der Waals surface area contributed by atoms with Crippen molar-refractivity contribution in [2.45, 2.75) is 32.9 Å². The second kappa shape index (κ2) is 8.62. The smallest absolute Gasteiger partial charge is 0.282 e. The summed E-state index contributed by atoms with van der Waals surface area (Å²) >= 11 is 11.8. The maximum absolute atomic E-state index is 13.7. The fraction of sp³-hybridized carbons (Fsp3) is 0.263. The summed E-state index contributed by atoms with van der Waals surface area (Å²) in [5, 5.41) is 4.86. The zero-order valence-electron chi connectivity index (χ0n) is 14.6. The van der Waals surface area contributed by atoms with E-state index in [1.165, 1.54) is 19.1 Å². The number of anilines is 1. The molecule has 0 radical (unpaired) electrons. The summed E-state index contributed by atoms with van der Waals surface area (Å²) in [5.41, 5.74) is 1.63. The Kier molecular flexibility index (Phi) is 6.75. The lowest BCUT2D eigenvalue weighted by Crippen LogP contribution is -2.91. The van der Waals surface area contributed by atoms with Crippen molar-refractivity contribution in [2.24, 2.45) is 0 Å². The quantitative estimate of drug-likeness (QED) is 0.571. The van der Waals surface area contributed by atoms with Gasteiger partial charge in [-0.3, -0.25) is 9.59 Å². The van der Waals surface area contributed by atoms with Gasteiger partial charge >= 0.3 is 0 Å². The number of Topliss-reactive ketones (excluding diaryl/α,β-unsaturated/α-hetero) is 1. The second-order valence-corrected chi connectivity index (χ2v) is 7.00. The Morgan fingerprint density at radius 3 is 2.46 bits per heavy atom. The molecule has 0 aliphatic carbocycles. The lowest BCUT2D eigenvalue weighted by atomic mass is 10.1. The van der Waals surface area contributed by atoms with Crippen molar-refractivity contribution in [3.05, 3.63) is 63.4 Å². The Bertz CT molecular complexity index is 842. The van der Waals surface area contributed by atoms with Crippen LogP contribution >= 0.6 is 23.2 Å². The Balaban J connectivity index is 2.06. The lowest BCUT2D eigenvalue weighted by Gasteiger charge is -2.18. The third-order valence-electron chi connectivity index (χ3n) is 4.06.